The van der Waals surface area contributed by atoms with Crippen LogP contribution in [0.1, 0.15) is 39.0 Å². The van der Waals surface area contributed by atoms with Crippen molar-refractivity contribution in [2.75, 3.05) is 13.7 Å². The minimum Gasteiger partial charge on any atom is -0.467 e. The molecule has 1 amide bonds. The summed E-state index contributed by atoms with van der Waals surface area (Å²) in [7, 11) is 1.35. The van der Waals surface area contributed by atoms with E-state index in [0.717, 1.165) is 25.7 Å². The van der Waals surface area contributed by atoms with Crippen LogP contribution in [0.2, 0.25) is 0 Å². The van der Waals surface area contributed by atoms with E-state index in [1.54, 1.807) is 11.0 Å². The van der Waals surface area contributed by atoms with Crippen molar-refractivity contribution >= 4 is 11.9 Å². The number of hydrogen-bond donors (Lipinski definition) is 0. The minimum atomic E-state index is -0.494. The molecule has 2 atom stereocenters. The molecule has 1 fully saturated rings. The van der Waals surface area contributed by atoms with E-state index in [1.165, 1.54) is 7.11 Å². The van der Waals surface area contributed by atoms with Crippen LogP contribution in [0.15, 0.2) is 12.7 Å². The lowest BCUT2D eigenvalue weighted by Gasteiger charge is -2.25. The van der Waals surface area contributed by atoms with Crippen LogP contribution in [0.3, 0.4) is 0 Å². The van der Waals surface area contributed by atoms with E-state index in [4.69, 9.17) is 4.74 Å². The molecule has 1 aliphatic rings. The van der Waals surface area contributed by atoms with Gasteiger partial charge in [0.05, 0.1) is 7.11 Å². The van der Waals surface area contributed by atoms with Crippen molar-refractivity contribution in [3.63, 3.8) is 0 Å². The van der Waals surface area contributed by atoms with Crippen molar-refractivity contribution in [1.29, 1.82) is 0 Å². The van der Waals surface area contributed by atoms with Crippen molar-refractivity contribution in [2.24, 2.45) is 5.92 Å². The Morgan fingerprint density at radius 3 is 2.94 bits per heavy atom. The Morgan fingerprint density at radius 1 is 1.67 bits per heavy atom. The van der Waals surface area contributed by atoms with Crippen LogP contribution in [0, 0.1) is 5.92 Å². The molecular formula is C14H23NO3. The zero-order chi connectivity index (χ0) is 13.5. The molecular weight excluding hydrogens is 230 g/mol. The highest BCUT2D eigenvalue weighted by molar-refractivity contribution is 5.87. The first-order chi connectivity index (χ1) is 8.65. The average Bonchev–Trinajstić information content (AvgIpc) is 2.74. The highest BCUT2D eigenvalue weighted by Gasteiger charge is 2.38. The fourth-order valence-corrected chi connectivity index (χ4v) is 2.44. The molecule has 1 heterocycles. The Kier molecular flexibility index (Phi) is 5.89. The first kappa shape index (κ1) is 14.7. The van der Waals surface area contributed by atoms with Crippen molar-refractivity contribution in [2.45, 2.75) is 45.1 Å². The maximum atomic E-state index is 12.2. The van der Waals surface area contributed by atoms with Crippen LogP contribution in [0.5, 0.6) is 0 Å². The standard InChI is InChI=1S/C14H23NO3/c1-4-6-8-11-9-10-15(13(11)16)12(7-5-2)14(17)18-3/h5,11-12H,2,4,6-10H2,1,3H3/t11-,12+/m0/s1. The van der Waals surface area contributed by atoms with E-state index < -0.39 is 6.04 Å². The summed E-state index contributed by atoms with van der Waals surface area (Å²) < 4.78 is 4.76. The molecule has 0 unspecified atom stereocenters. The lowest BCUT2D eigenvalue weighted by atomic mass is 10.0. The van der Waals surface area contributed by atoms with Crippen molar-refractivity contribution < 1.29 is 14.3 Å². The summed E-state index contributed by atoms with van der Waals surface area (Å²) in [5.74, 6) is -0.165. The molecule has 0 aliphatic carbocycles. The highest BCUT2D eigenvalue weighted by Crippen LogP contribution is 2.26. The quantitative estimate of drug-likeness (QED) is 0.516. The highest BCUT2D eigenvalue weighted by atomic mass is 16.5. The third-order valence-electron chi connectivity index (χ3n) is 3.50. The number of amides is 1. The fourth-order valence-electron chi connectivity index (χ4n) is 2.44. The molecule has 0 spiro atoms. The maximum absolute atomic E-state index is 12.2. The monoisotopic (exact) mass is 253 g/mol. The second kappa shape index (κ2) is 7.19. The Labute approximate surface area is 109 Å². The smallest absolute Gasteiger partial charge is 0.328 e. The van der Waals surface area contributed by atoms with E-state index in [1.807, 2.05) is 0 Å². The Hall–Kier alpha value is -1.32. The molecule has 1 saturated heterocycles. The van der Waals surface area contributed by atoms with E-state index in [-0.39, 0.29) is 17.8 Å². The van der Waals surface area contributed by atoms with Crippen LogP contribution in [-0.4, -0.2) is 36.5 Å². The van der Waals surface area contributed by atoms with Gasteiger partial charge in [0.1, 0.15) is 6.04 Å². The van der Waals surface area contributed by atoms with Gasteiger partial charge >= 0.3 is 5.97 Å². The number of esters is 1. The van der Waals surface area contributed by atoms with Gasteiger partial charge in [0.15, 0.2) is 0 Å². The maximum Gasteiger partial charge on any atom is 0.328 e. The summed E-state index contributed by atoms with van der Waals surface area (Å²) in [6.45, 7) is 6.41. The molecule has 0 radical (unpaired) electrons. The summed E-state index contributed by atoms with van der Waals surface area (Å²) in [5.41, 5.74) is 0. The lowest BCUT2D eigenvalue weighted by molar-refractivity contribution is -0.151. The van der Waals surface area contributed by atoms with Crippen LogP contribution < -0.4 is 0 Å². The molecule has 0 aromatic carbocycles. The van der Waals surface area contributed by atoms with Gasteiger partial charge in [-0.3, -0.25) is 4.79 Å². The van der Waals surface area contributed by atoms with E-state index in [9.17, 15) is 9.59 Å². The van der Waals surface area contributed by atoms with Crippen molar-refractivity contribution in [3.05, 3.63) is 12.7 Å². The van der Waals surface area contributed by atoms with Crippen LogP contribution in [0.25, 0.3) is 0 Å². The molecule has 18 heavy (non-hydrogen) atoms. The van der Waals surface area contributed by atoms with Crippen LogP contribution >= 0.6 is 0 Å². The van der Waals surface area contributed by atoms with Gasteiger partial charge in [0, 0.05) is 12.5 Å². The average molecular weight is 253 g/mol. The summed E-state index contributed by atoms with van der Waals surface area (Å²) in [6.07, 6.45) is 6.05. The molecule has 0 N–H and O–H groups in total. The molecule has 4 heteroatoms. The van der Waals surface area contributed by atoms with Gasteiger partial charge in [0.2, 0.25) is 5.91 Å². The van der Waals surface area contributed by atoms with Gasteiger partial charge < -0.3 is 9.64 Å². The number of likely N-dealkylation sites (tertiary alicyclic amines) is 1. The Balaban J connectivity index is 2.67. The Bertz CT molecular complexity index is 314. The summed E-state index contributed by atoms with van der Waals surface area (Å²) in [4.78, 5) is 25.6. The number of ether oxygens (including phenoxy) is 1. The Morgan fingerprint density at radius 2 is 2.39 bits per heavy atom. The van der Waals surface area contributed by atoms with E-state index >= 15 is 0 Å². The number of rotatable bonds is 7. The van der Waals surface area contributed by atoms with Crippen LogP contribution in [-0.2, 0) is 14.3 Å². The van der Waals surface area contributed by atoms with Gasteiger partial charge in [-0.1, -0.05) is 25.8 Å². The van der Waals surface area contributed by atoms with E-state index in [2.05, 4.69) is 13.5 Å². The number of nitrogens with zero attached hydrogens (tertiary/aromatic N) is 1. The number of carbonyl (C=O) groups is 2. The summed E-state index contributed by atoms with van der Waals surface area (Å²) in [5, 5.41) is 0. The zero-order valence-electron chi connectivity index (χ0n) is 11.4. The zero-order valence-corrected chi connectivity index (χ0v) is 11.4. The van der Waals surface area contributed by atoms with Gasteiger partial charge in [-0.2, -0.15) is 0 Å². The number of methoxy groups -OCH3 is 1. The third kappa shape index (κ3) is 3.34. The van der Waals surface area contributed by atoms with Gasteiger partial charge in [-0.15, -0.1) is 6.58 Å². The molecule has 1 rings (SSSR count). The molecule has 0 aromatic heterocycles. The largest absolute Gasteiger partial charge is 0.467 e. The summed E-state index contributed by atoms with van der Waals surface area (Å²) >= 11 is 0. The molecule has 0 bridgehead atoms. The number of unbranched alkanes of at least 4 members (excludes halogenated alkanes) is 1. The van der Waals surface area contributed by atoms with Gasteiger partial charge in [0.25, 0.3) is 0 Å². The molecule has 4 nitrogen and oxygen atoms in total. The SMILES string of the molecule is C=CC[C@H](C(=O)OC)N1CC[C@H](CCCC)C1=O. The summed E-state index contributed by atoms with van der Waals surface area (Å²) in [6, 6.07) is -0.494. The predicted octanol–water partition coefficient (Wildman–Crippen LogP) is 2.14. The first-order valence-corrected chi connectivity index (χ1v) is 6.64. The molecule has 0 saturated carbocycles. The van der Waals surface area contributed by atoms with E-state index in [0.29, 0.717) is 13.0 Å². The number of hydrogen-bond acceptors (Lipinski definition) is 3. The van der Waals surface area contributed by atoms with Crippen molar-refractivity contribution in [1.82, 2.24) is 4.90 Å². The normalized spacial score (nSPS) is 20.9. The van der Waals surface area contributed by atoms with Gasteiger partial charge in [-0.05, 0) is 19.3 Å². The van der Waals surface area contributed by atoms with Crippen molar-refractivity contribution in [3.8, 4) is 0 Å². The van der Waals surface area contributed by atoms with Crippen LogP contribution in [0.4, 0.5) is 0 Å². The number of carbonyl (C=O) groups excluding carboxylic acids is 2. The second-order valence-corrected chi connectivity index (χ2v) is 4.72. The predicted molar refractivity (Wildman–Crippen MR) is 70.0 cm³/mol. The second-order valence-electron chi connectivity index (χ2n) is 4.72. The van der Waals surface area contributed by atoms with Gasteiger partial charge in [-0.25, -0.2) is 4.79 Å². The topological polar surface area (TPSA) is 46.6 Å². The minimum absolute atomic E-state index is 0.0851. The first-order valence-electron chi connectivity index (χ1n) is 6.64. The molecule has 102 valence electrons. The lowest BCUT2D eigenvalue weighted by Crippen LogP contribution is -2.43. The molecule has 0 aromatic rings. The fraction of sp³-hybridized carbons (Fsp3) is 0.714. The molecule has 1 aliphatic heterocycles. The third-order valence-corrected chi connectivity index (χ3v) is 3.50.